The predicted octanol–water partition coefficient (Wildman–Crippen LogP) is 1.47. The Morgan fingerprint density at radius 3 is 2.95 bits per heavy atom. The number of aliphatic hydroxyl groups is 1. The van der Waals surface area contributed by atoms with Crippen LogP contribution in [0.5, 0.6) is 11.5 Å². The van der Waals surface area contributed by atoms with Gasteiger partial charge >= 0.3 is 0 Å². The lowest BCUT2D eigenvalue weighted by molar-refractivity contribution is 0.0721. The second-order valence-corrected chi connectivity index (χ2v) is 6.15. The highest BCUT2D eigenvalue weighted by Gasteiger charge is 2.24. The molecule has 1 aromatic carbocycles. The fourth-order valence-corrected chi connectivity index (χ4v) is 3.09. The van der Waals surface area contributed by atoms with Gasteiger partial charge in [0.05, 0.1) is 6.10 Å². The van der Waals surface area contributed by atoms with Crippen molar-refractivity contribution in [1.82, 2.24) is 9.80 Å². The van der Waals surface area contributed by atoms with Crippen molar-refractivity contribution >= 4 is 0 Å². The number of likely N-dealkylation sites (tertiary alicyclic amines) is 1. The lowest BCUT2D eigenvalue weighted by Gasteiger charge is -2.37. The molecule has 0 radical (unpaired) electrons. The van der Waals surface area contributed by atoms with Crippen molar-refractivity contribution in [2.45, 2.75) is 25.0 Å². The third-order valence-corrected chi connectivity index (χ3v) is 4.42. The molecule has 5 nitrogen and oxygen atoms in total. The van der Waals surface area contributed by atoms with E-state index in [4.69, 9.17) is 9.47 Å². The van der Waals surface area contributed by atoms with Crippen LogP contribution < -0.4 is 9.47 Å². The van der Waals surface area contributed by atoms with E-state index in [1.807, 2.05) is 18.2 Å². The maximum atomic E-state index is 10.5. The van der Waals surface area contributed by atoms with Crippen LogP contribution in [0.1, 0.15) is 24.5 Å². The predicted molar refractivity (Wildman–Crippen MR) is 80.7 cm³/mol. The number of β-amino-alcohol motifs (C(OH)–C–C–N with tert-alkyl or cyclic N) is 1. The van der Waals surface area contributed by atoms with Crippen LogP contribution in [0.3, 0.4) is 0 Å². The summed E-state index contributed by atoms with van der Waals surface area (Å²) >= 11 is 0. The van der Waals surface area contributed by atoms with Gasteiger partial charge in [-0.05, 0) is 51.2 Å². The van der Waals surface area contributed by atoms with Crippen LogP contribution in [0.15, 0.2) is 18.2 Å². The standard InChI is InChI=1S/C16H24N2O3/c1-17(2)13-4-3-7-18(9-13)10-14(19)12-5-6-15-16(8-12)21-11-20-15/h5-6,8,13-14,19H,3-4,7,9-11H2,1-2H3. The molecule has 5 heteroatoms. The Bertz CT molecular complexity index is 492. The van der Waals surface area contributed by atoms with Gasteiger partial charge in [0.2, 0.25) is 6.79 Å². The molecule has 1 fully saturated rings. The van der Waals surface area contributed by atoms with Crippen LogP contribution in [0.25, 0.3) is 0 Å². The van der Waals surface area contributed by atoms with Crippen molar-refractivity contribution in [1.29, 1.82) is 0 Å². The monoisotopic (exact) mass is 292 g/mol. The lowest BCUT2D eigenvalue weighted by Crippen LogP contribution is -2.46. The largest absolute Gasteiger partial charge is 0.454 e. The summed E-state index contributed by atoms with van der Waals surface area (Å²) < 4.78 is 10.7. The molecule has 1 aromatic rings. The van der Waals surface area contributed by atoms with Gasteiger partial charge in [0, 0.05) is 19.1 Å². The molecule has 0 saturated carbocycles. The van der Waals surface area contributed by atoms with E-state index in [-0.39, 0.29) is 6.79 Å². The Morgan fingerprint density at radius 1 is 1.33 bits per heavy atom. The summed E-state index contributed by atoms with van der Waals surface area (Å²) in [4.78, 5) is 4.63. The van der Waals surface area contributed by atoms with E-state index in [0.29, 0.717) is 12.6 Å². The third-order valence-electron chi connectivity index (χ3n) is 4.42. The molecular formula is C16H24N2O3. The van der Waals surface area contributed by atoms with Crippen LogP contribution in [-0.2, 0) is 0 Å². The number of ether oxygens (including phenoxy) is 2. The first-order chi connectivity index (χ1) is 10.1. The third kappa shape index (κ3) is 3.31. The number of piperidine rings is 1. The van der Waals surface area contributed by atoms with Crippen molar-refractivity contribution < 1.29 is 14.6 Å². The van der Waals surface area contributed by atoms with Gasteiger partial charge in [-0.15, -0.1) is 0 Å². The number of likely N-dealkylation sites (N-methyl/N-ethyl adjacent to an activating group) is 1. The van der Waals surface area contributed by atoms with Crippen molar-refractivity contribution in [2.24, 2.45) is 0 Å². The van der Waals surface area contributed by atoms with Gasteiger partial charge in [-0.3, -0.25) is 4.90 Å². The van der Waals surface area contributed by atoms with Crippen LogP contribution in [-0.4, -0.2) is 61.5 Å². The summed E-state index contributed by atoms with van der Waals surface area (Å²) in [5, 5.41) is 10.5. The van der Waals surface area contributed by atoms with Crippen LogP contribution in [0, 0.1) is 0 Å². The first-order valence-electron chi connectivity index (χ1n) is 7.60. The summed E-state index contributed by atoms with van der Waals surface area (Å²) in [6, 6.07) is 6.27. The summed E-state index contributed by atoms with van der Waals surface area (Å²) in [6.07, 6.45) is 1.95. The van der Waals surface area contributed by atoms with Crippen molar-refractivity contribution in [3.63, 3.8) is 0 Å². The first-order valence-corrected chi connectivity index (χ1v) is 7.60. The number of aliphatic hydroxyl groups excluding tert-OH is 1. The highest BCUT2D eigenvalue weighted by molar-refractivity contribution is 5.45. The van der Waals surface area contributed by atoms with Gasteiger partial charge in [-0.1, -0.05) is 6.07 Å². The highest BCUT2D eigenvalue weighted by atomic mass is 16.7. The number of hydrogen-bond acceptors (Lipinski definition) is 5. The van der Waals surface area contributed by atoms with Crippen LogP contribution in [0.4, 0.5) is 0 Å². The van der Waals surface area contributed by atoms with Crippen molar-refractivity contribution in [3.05, 3.63) is 23.8 Å². The molecule has 21 heavy (non-hydrogen) atoms. The fourth-order valence-electron chi connectivity index (χ4n) is 3.09. The molecule has 0 bridgehead atoms. The van der Waals surface area contributed by atoms with Gasteiger partial charge in [-0.25, -0.2) is 0 Å². The molecule has 2 aliphatic rings. The van der Waals surface area contributed by atoms with Crippen LogP contribution >= 0.6 is 0 Å². The topological polar surface area (TPSA) is 45.2 Å². The van der Waals surface area contributed by atoms with Crippen molar-refractivity contribution in [2.75, 3.05) is 40.5 Å². The van der Waals surface area contributed by atoms with Crippen LogP contribution in [0.2, 0.25) is 0 Å². The molecule has 3 rings (SSSR count). The number of hydrogen-bond donors (Lipinski definition) is 1. The molecule has 0 aliphatic carbocycles. The second-order valence-electron chi connectivity index (χ2n) is 6.15. The van der Waals surface area contributed by atoms with Gasteiger partial charge in [0.1, 0.15) is 0 Å². The first kappa shape index (κ1) is 14.6. The van der Waals surface area contributed by atoms with E-state index in [0.717, 1.165) is 30.2 Å². The minimum Gasteiger partial charge on any atom is -0.454 e. The van der Waals surface area contributed by atoms with Gasteiger partial charge in [0.25, 0.3) is 0 Å². The Balaban J connectivity index is 1.62. The number of rotatable bonds is 4. The number of nitrogens with zero attached hydrogens (tertiary/aromatic N) is 2. The van der Waals surface area contributed by atoms with Gasteiger partial charge in [-0.2, -0.15) is 0 Å². The van der Waals surface area contributed by atoms with Gasteiger partial charge in [0.15, 0.2) is 11.5 Å². The molecule has 1 saturated heterocycles. The summed E-state index contributed by atoms with van der Waals surface area (Å²) in [5.41, 5.74) is 0.895. The molecular weight excluding hydrogens is 268 g/mol. The van der Waals surface area contributed by atoms with Gasteiger partial charge < -0.3 is 19.5 Å². The Hall–Kier alpha value is -1.30. The average Bonchev–Trinajstić information content (AvgIpc) is 2.94. The van der Waals surface area contributed by atoms with E-state index < -0.39 is 6.10 Å². The summed E-state index contributed by atoms with van der Waals surface area (Å²) in [5.74, 6) is 1.49. The van der Waals surface area contributed by atoms with E-state index in [9.17, 15) is 5.11 Å². The molecule has 0 aromatic heterocycles. The molecule has 2 atom stereocenters. The molecule has 0 amide bonds. The number of benzene rings is 1. The molecule has 1 N–H and O–H groups in total. The fraction of sp³-hybridized carbons (Fsp3) is 0.625. The maximum absolute atomic E-state index is 10.5. The zero-order valence-corrected chi connectivity index (χ0v) is 12.8. The normalized spacial score (nSPS) is 23.5. The molecule has 0 spiro atoms. The maximum Gasteiger partial charge on any atom is 0.231 e. The minimum atomic E-state index is -0.486. The molecule has 2 aliphatic heterocycles. The van der Waals surface area contributed by atoms with E-state index in [1.54, 1.807) is 0 Å². The molecule has 2 heterocycles. The Kier molecular flexibility index (Phi) is 4.33. The zero-order chi connectivity index (χ0) is 14.8. The SMILES string of the molecule is CN(C)C1CCCN(CC(O)c2ccc3c(c2)OCO3)C1. The summed E-state index contributed by atoms with van der Waals surface area (Å²) in [6.45, 7) is 3.02. The lowest BCUT2D eigenvalue weighted by atomic mass is 10.0. The quantitative estimate of drug-likeness (QED) is 0.910. The second kappa shape index (κ2) is 6.22. The zero-order valence-electron chi connectivity index (χ0n) is 12.8. The molecule has 116 valence electrons. The van der Waals surface area contributed by atoms with Crippen molar-refractivity contribution in [3.8, 4) is 11.5 Å². The smallest absolute Gasteiger partial charge is 0.231 e. The van der Waals surface area contributed by atoms with E-state index in [1.165, 1.54) is 12.8 Å². The Morgan fingerprint density at radius 2 is 2.14 bits per heavy atom. The average molecular weight is 292 g/mol. The minimum absolute atomic E-state index is 0.269. The Labute approximate surface area is 126 Å². The number of fused-ring (bicyclic) bond motifs is 1. The molecule has 2 unspecified atom stereocenters. The highest BCUT2D eigenvalue weighted by Crippen LogP contribution is 2.34. The van der Waals surface area contributed by atoms with E-state index in [2.05, 4.69) is 23.9 Å². The van der Waals surface area contributed by atoms with E-state index >= 15 is 0 Å². The summed E-state index contributed by atoms with van der Waals surface area (Å²) in [7, 11) is 4.25.